The molecule has 11 nitrogen and oxygen atoms in total. The minimum absolute atomic E-state index is 0.0128. The number of anilines is 4. The summed E-state index contributed by atoms with van der Waals surface area (Å²) in [5, 5.41) is 26.4. The van der Waals surface area contributed by atoms with Crippen molar-refractivity contribution in [3.05, 3.63) is 48.8 Å². The van der Waals surface area contributed by atoms with Crippen molar-refractivity contribution >= 4 is 46.2 Å². The normalized spacial score (nSPS) is 17.7. The second-order valence-electron chi connectivity index (χ2n) is 8.84. The Balaban J connectivity index is 1.39. The molecule has 182 valence electrons. The Morgan fingerprint density at radius 3 is 2.61 bits per heavy atom. The first-order valence-corrected chi connectivity index (χ1v) is 11.7. The summed E-state index contributed by atoms with van der Waals surface area (Å²) in [6.45, 7) is 6.27. The van der Waals surface area contributed by atoms with Crippen LogP contribution in [-0.4, -0.2) is 71.6 Å². The predicted octanol–water partition coefficient (Wildman–Crippen LogP) is 2.24. The van der Waals surface area contributed by atoms with Gasteiger partial charge in [0.05, 0.1) is 12.0 Å². The molecule has 11 heteroatoms. The van der Waals surface area contributed by atoms with Gasteiger partial charge in [-0.1, -0.05) is 6.58 Å². The summed E-state index contributed by atoms with van der Waals surface area (Å²) >= 11 is 0. The number of hydrogen-bond acceptors (Lipinski definition) is 10. The van der Waals surface area contributed by atoms with E-state index in [-0.39, 0.29) is 17.9 Å². The number of amides is 1. The lowest BCUT2D eigenvalue weighted by atomic mass is 10.0. The van der Waals surface area contributed by atoms with E-state index in [2.05, 4.69) is 53.3 Å². The van der Waals surface area contributed by atoms with Gasteiger partial charge < -0.3 is 20.4 Å². The molecule has 5 rings (SSSR count). The number of carbonyl (C=O) groups excluding carboxylic acids is 1. The van der Waals surface area contributed by atoms with Gasteiger partial charge in [-0.2, -0.15) is 5.26 Å². The number of nitriles is 1. The molecule has 2 fully saturated rings. The minimum Gasteiger partial charge on any atom is -0.352 e. The maximum absolute atomic E-state index is 11.9. The molecule has 2 aromatic heterocycles. The third-order valence-electron chi connectivity index (χ3n) is 6.33. The number of rotatable bonds is 7. The zero-order valence-corrected chi connectivity index (χ0v) is 19.9. The number of aliphatic imine (C=N–C) groups is 1. The first kappa shape index (κ1) is 23.2. The van der Waals surface area contributed by atoms with Crippen LogP contribution < -0.4 is 20.4 Å². The predicted molar refractivity (Wildman–Crippen MR) is 139 cm³/mol. The molecule has 2 aliphatic rings. The number of benzene rings is 1. The molecule has 1 atom stereocenters. The Morgan fingerprint density at radius 2 is 1.92 bits per heavy atom. The molecule has 1 amide bonds. The van der Waals surface area contributed by atoms with E-state index in [0.717, 1.165) is 41.7 Å². The molecule has 1 aromatic carbocycles. The van der Waals surface area contributed by atoms with Crippen molar-refractivity contribution in [3.63, 3.8) is 0 Å². The van der Waals surface area contributed by atoms with Crippen molar-refractivity contribution in [2.45, 2.75) is 12.5 Å². The number of aromatic nitrogens is 4. The number of carbonyl (C=O) groups is 1. The zero-order chi connectivity index (χ0) is 25.1. The molecule has 2 aliphatic heterocycles. The fraction of sp³-hybridized carbons (Fsp3) is 0.320. The summed E-state index contributed by atoms with van der Waals surface area (Å²) in [5.41, 5.74) is 1.50. The van der Waals surface area contributed by atoms with Crippen LogP contribution in [0, 0.1) is 17.2 Å². The maximum Gasteiger partial charge on any atom is 0.247 e. The van der Waals surface area contributed by atoms with Gasteiger partial charge in [-0.3, -0.25) is 9.79 Å². The fourth-order valence-corrected chi connectivity index (χ4v) is 4.48. The summed E-state index contributed by atoms with van der Waals surface area (Å²) in [6, 6.07) is 8.17. The highest BCUT2D eigenvalue weighted by Crippen LogP contribution is 2.36. The summed E-state index contributed by atoms with van der Waals surface area (Å²) in [7, 11) is 1.71. The highest BCUT2D eigenvalue weighted by molar-refractivity contribution is 6.04. The standard InChI is InChI=1S/C25H26N10O/c1-3-22(36)30-18-4-5-20-21(8-18)24(35-13-16(9-26)14-35)33-32-23(20)34-7-6-19(15-34)31-25-28-11-17(10-27-2)12-29-25/h3-5,8,10-12,16,19H,1,6-7,13-15H2,2H3,(H,30,36)(H,28,29,31)/b27-10-. The van der Waals surface area contributed by atoms with Gasteiger partial charge in [0.15, 0.2) is 11.6 Å². The van der Waals surface area contributed by atoms with E-state index in [1.807, 2.05) is 23.1 Å². The molecule has 0 radical (unpaired) electrons. The van der Waals surface area contributed by atoms with Gasteiger partial charge in [-0.25, -0.2) is 9.97 Å². The zero-order valence-electron chi connectivity index (χ0n) is 19.9. The fourth-order valence-electron chi connectivity index (χ4n) is 4.48. The molecule has 36 heavy (non-hydrogen) atoms. The molecule has 0 aliphatic carbocycles. The Hall–Kier alpha value is -4.59. The molecule has 3 aromatic rings. The van der Waals surface area contributed by atoms with Crippen molar-refractivity contribution in [2.24, 2.45) is 10.9 Å². The third kappa shape index (κ3) is 4.65. The van der Waals surface area contributed by atoms with Gasteiger partial charge >= 0.3 is 0 Å². The monoisotopic (exact) mass is 482 g/mol. The van der Waals surface area contributed by atoms with Crippen LogP contribution in [-0.2, 0) is 4.79 Å². The second kappa shape index (κ2) is 9.95. The van der Waals surface area contributed by atoms with Crippen molar-refractivity contribution in [1.29, 1.82) is 5.26 Å². The second-order valence-corrected chi connectivity index (χ2v) is 8.84. The topological polar surface area (TPSA) is 135 Å². The van der Waals surface area contributed by atoms with Crippen molar-refractivity contribution in [2.75, 3.05) is 53.7 Å². The molecule has 1 unspecified atom stereocenters. The largest absolute Gasteiger partial charge is 0.352 e. The van der Waals surface area contributed by atoms with E-state index >= 15 is 0 Å². The van der Waals surface area contributed by atoms with E-state index in [4.69, 9.17) is 0 Å². The Bertz CT molecular complexity index is 1360. The van der Waals surface area contributed by atoms with E-state index in [9.17, 15) is 10.1 Å². The van der Waals surface area contributed by atoms with E-state index in [0.29, 0.717) is 30.5 Å². The van der Waals surface area contributed by atoms with E-state index in [1.54, 1.807) is 25.7 Å². The van der Waals surface area contributed by atoms with Crippen LogP contribution in [0.4, 0.5) is 23.3 Å². The van der Waals surface area contributed by atoms with Gasteiger partial charge in [0.1, 0.15) is 0 Å². The van der Waals surface area contributed by atoms with Crippen molar-refractivity contribution in [3.8, 4) is 6.07 Å². The smallest absolute Gasteiger partial charge is 0.247 e. The number of fused-ring (bicyclic) bond motifs is 1. The molecule has 2 saturated heterocycles. The van der Waals surface area contributed by atoms with Crippen LogP contribution in [0.2, 0.25) is 0 Å². The summed E-state index contributed by atoms with van der Waals surface area (Å²) in [5.74, 6) is 1.78. The van der Waals surface area contributed by atoms with E-state index < -0.39 is 0 Å². The highest BCUT2D eigenvalue weighted by Gasteiger charge is 2.31. The van der Waals surface area contributed by atoms with Gasteiger partial charge in [-0.05, 0) is 30.7 Å². The molecular formula is C25H26N10O. The Morgan fingerprint density at radius 1 is 1.17 bits per heavy atom. The molecular weight excluding hydrogens is 456 g/mol. The van der Waals surface area contributed by atoms with Crippen LogP contribution in [0.25, 0.3) is 10.8 Å². The SMILES string of the molecule is C=CC(=O)Nc1ccc2c(N3CCC(Nc4ncc(/C=N\C)cn4)C3)nnc(N3CC(C#N)C3)c2c1. The Labute approximate surface area is 208 Å². The molecule has 0 saturated carbocycles. The highest BCUT2D eigenvalue weighted by atomic mass is 16.1. The molecule has 4 heterocycles. The minimum atomic E-state index is -0.280. The molecule has 2 N–H and O–H groups in total. The first-order chi connectivity index (χ1) is 17.6. The lowest BCUT2D eigenvalue weighted by Gasteiger charge is -2.36. The van der Waals surface area contributed by atoms with Crippen LogP contribution in [0.1, 0.15) is 12.0 Å². The molecule has 0 bridgehead atoms. The number of nitrogens with one attached hydrogen (secondary N) is 2. The number of hydrogen-bond donors (Lipinski definition) is 2. The average Bonchev–Trinajstić information content (AvgIpc) is 3.33. The third-order valence-corrected chi connectivity index (χ3v) is 6.33. The van der Waals surface area contributed by atoms with Crippen LogP contribution in [0.5, 0.6) is 0 Å². The van der Waals surface area contributed by atoms with Gasteiger partial charge in [0, 0.05) is 79.9 Å². The summed E-state index contributed by atoms with van der Waals surface area (Å²) < 4.78 is 0. The van der Waals surface area contributed by atoms with Crippen molar-refractivity contribution in [1.82, 2.24) is 20.2 Å². The lowest BCUT2D eigenvalue weighted by molar-refractivity contribution is -0.111. The first-order valence-electron chi connectivity index (χ1n) is 11.7. The van der Waals surface area contributed by atoms with Gasteiger partial charge in [0.2, 0.25) is 11.9 Å². The Kier molecular flexibility index (Phi) is 6.40. The lowest BCUT2D eigenvalue weighted by Crippen LogP contribution is -2.46. The van der Waals surface area contributed by atoms with Crippen LogP contribution in [0.15, 0.2) is 48.2 Å². The quantitative estimate of drug-likeness (QED) is 0.384. The summed E-state index contributed by atoms with van der Waals surface area (Å²) in [6.07, 6.45) is 7.32. The molecule has 0 spiro atoms. The van der Waals surface area contributed by atoms with E-state index in [1.165, 1.54) is 6.08 Å². The van der Waals surface area contributed by atoms with Crippen LogP contribution >= 0.6 is 0 Å². The van der Waals surface area contributed by atoms with Gasteiger partial charge in [0.25, 0.3) is 0 Å². The van der Waals surface area contributed by atoms with Crippen LogP contribution in [0.3, 0.4) is 0 Å². The average molecular weight is 483 g/mol. The summed E-state index contributed by atoms with van der Waals surface area (Å²) in [4.78, 5) is 28.8. The number of nitrogens with zero attached hydrogens (tertiary/aromatic N) is 8. The maximum atomic E-state index is 11.9. The van der Waals surface area contributed by atoms with Crippen molar-refractivity contribution < 1.29 is 4.79 Å². The van der Waals surface area contributed by atoms with Gasteiger partial charge in [-0.15, -0.1) is 10.2 Å².